The molecule has 0 saturated carbocycles. The first-order chi connectivity index (χ1) is 47.1. The maximum Gasteiger partial charge on any atom is 0.327 e. The fourth-order valence-corrected chi connectivity index (χ4v) is 15.3. The minimum atomic E-state index is -2.33. The molecule has 8 atom stereocenters. The summed E-state index contributed by atoms with van der Waals surface area (Å²) < 4.78 is 72.6. The molecule has 2 aromatic heterocycles. The molecular formula is C70H78F5N11O11S2. The van der Waals surface area contributed by atoms with Crippen molar-refractivity contribution in [3.8, 4) is 5.75 Å². The molecule has 0 unspecified atom stereocenters. The quantitative estimate of drug-likeness (QED) is 0.0103. The standard InChI is InChI=1S/C29H31N5O5S.C18H12F5N3O2.C17H20N2O4S.C6H15N/c1-29(2)25(28(38)39)34-26(37)21(27(34)40-29)15-22(35)24(19-11-7-4-8-12-19)30-23(36)14-13-20-17-33(32-31-20)16-18-9-5-3-6-10-18;19-13-14(20)16(22)18(17(23)15(13)21)28-12(27)7-6-11-9-26(25-24-11)8-10-4-2-1-3-5-10;1-17(2)13(16(22)23)19-14(21)10(15(19)24-17)8-11(20)12(18)9-6-4-3-5-7-9;1-4-7(5-2)6-3/h3-12,17,21,24-25,27H,13-16H2,1-2H3,(H,30,36)(H,38,39);1-5,9H,6-8H2;3-7,10,12-13,15H,8,18H2,1-2H3,(H,22,23);4-6H2,1-3H3/t21-,24-,25+,27-;;10-,12-,13+,15-;/m1.1./s1. The summed E-state index contributed by atoms with van der Waals surface area (Å²) in [5, 5.41) is 37.3. The zero-order valence-corrected chi connectivity index (χ0v) is 57.1. The van der Waals surface area contributed by atoms with Crippen LogP contribution in [0.25, 0.3) is 0 Å². The van der Waals surface area contributed by atoms with E-state index in [-0.39, 0.29) is 65.7 Å². The Hall–Kier alpha value is -9.19. The summed E-state index contributed by atoms with van der Waals surface area (Å²) in [5.74, 6) is -18.5. The van der Waals surface area contributed by atoms with Gasteiger partial charge in [0.2, 0.25) is 52.6 Å². The van der Waals surface area contributed by atoms with Crippen LogP contribution in [0.2, 0.25) is 0 Å². The summed E-state index contributed by atoms with van der Waals surface area (Å²) in [6, 6.07) is 33.7. The zero-order valence-electron chi connectivity index (χ0n) is 55.5. The Morgan fingerprint density at radius 3 is 1.36 bits per heavy atom. The van der Waals surface area contributed by atoms with Gasteiger partial charge in [0.15, 0.2) is 11.6 Å². The van der Waals surface area contributed by atoms with Gasteiger partial charge in [0.25, 0.3) is 0 Å². The lowest BCUT2D eigenvalue weighted by molar-refractivity contribution is -0.164. The fraction of sp³-hybridized carbons (Fsp3) is 0.400. The van der Waals surface area contributed by atoms with Crippen molar-refractivity contribution in [2.75, 3.05) is 19.6 Å². The van der Waals surface area contributed by atoms with Gasteiger partial charge in [0.1, 0.15) is 18.1 Å². The number of benzene rings is 5. The highest BCUT2D eigenvalue weighted by Crippen LogP contribution is 2.55. The molecule has 11 rings (SSSR count). The molecule has 0 radical (unpaired) electrons. The van der Waals surface area contributed by atoms with Crippen LogP contribution in [0.4, 0.5) is 22.0 Å². The number of Topliss-reactive ketones (excluding diaryl/α,β-unsaturated/α-hetero) is 2. The molecule has 5 N–H and O–H groups in total. The second-order valence-electron chi connectivity index (χ2n) is 24.8. The van der Waals surface area contributed by atoms with E-state index < -0.39 is 105 Å². The van der Waals surface area contributed by atoms with E-state index in [4.69, 9.17) is 5.73 Å². The number of hydrogen-bond acceptors (Lipinski definition) is 17. The number of esters is 1. The van der Waals surface area contributed by atoms with Crippen molar-refractivity contribution < 1.29 is 75.3 Å². The summed E-state index contributed by atoms with van der Waals surface area (Å²) >= 11 is 2.85. The first-order valence-electron chi connectivity index (χ1n) is 32.0. The third-order valence-corrected chi connectivity index (χ3v) is 20.4. The predicted molar refractivity (Wildman–Crippen MR) is 357 cm³/mol. The number of ether oxygens (including phenoxy) is 1. The summed E-state index contributed by atoms with van der Waals surface area (Å²) in [7, 11) is 0. The highest BCUT2D eigenvalue weighted by Gasteiger charge is 2.65. The molecule has 4 aliphatic rings. The van der Waals surface area contributed by atoms with E-state index in [1.165, 1.54) is 57.6 Å². The van der Waals surface area contributed by atoms with Gasteiger partial charge >= 0.3 is 17.9 Å². The second kappa shape index (κ2) is 33.6. The maximum atomic E-state index is 13.5. The molecule has 0 aliphatic carbocycles. The van der Waals surface area contributed by atoms with Gasteiger partial charge in [0.05, 0.1) is 59.5 Å². The number of β-lactam (4-membered cyclic amide) rings is 2. The van der Waals surface area contributed by atoms with Crippen LogP contribution in [0, 0.1) is 40.9 Å². The molecule has 99 heavy (non-hydrogen) atoms. The second-order valence-corrected chi connectivity index (χ2v) is 28.4. The number of rotatable bonds is 25. The Labute approximate surface area is 577 Å². The highest BCUT2D eigenvalue weighted by molar-refractivity contribution is 8.02. The number of nitrogens with zero attached hydrogens (tertiary/aromatic N) is 9. The third-order valence-electron chi connectivity index (χ3n) is 17.1. The van der Waals surface area contributed by atoms with E-state index >= 15 is 0 Å². The van der Waals surface area contributed by atoms with Gasteiger partial charge in [0, 0.05) is 54.0 Å². The number of carbonyl (C=O) groups excluding carboxylic acids is 6. The lowest BCUT2D eigenvalue weighted by atomic mass is 9.86. The lowest BCUT2D eigenvalue weighted by Gasteiger charge is -2.43. The maximum absolute atomic E-state index is 13.5. The van der Waals surface area contributed by atoms with Crippen molar-refractivity contribution in [1.82, 2.24) is 50.0 Å². The third kappa shape index (κ3) is 18.4. The fourth-order valence-electron chi connectivity index (χ4n) is 11.9. The van der Waals surface area contributed by atoms with Crippen LogP contribution in [0.3, 0.4) is 0 Å². The summed E-state index contributed by atoms with van der Waals surface area (Å²) in [5.41, 5.74) is 10.5. The van der Waals surface area contributed by atoms with Crippen molar-refractivity contribution >= 4 is 70.7 Å². The number of hydrogen-bond donors (Lipinski definition) is 4. The summed E-state index contributed by atoms with van der Waals surface area (Å²) in [6.07, 6.45) is 3.42. The Balaban J connectivity index is 0.000000186. The Bertz CT molecular complexity index is 3970. The van der Waals surface area contributed by atoms with Gasteiger partial charge in [-0.1, -0.05) is 153 Å². The van der Waals surface area contributed by atoms with Gasteiger partial charge in [-0.15, -0.1) is 33.7 Å². The van der Waals surface area contributed by atoms with Crippen molar-refractivity contribution in [3.05, 3.63) is 196 Å². The van der Waals surface area contributed by atoms with Gasteiger partial charge in [-0.3, -0.25) is 28.8 Å². The van der Waals surface area contributed by atoms with E-state index in [9.17, 15) is 70.5 Å². The van der Waals surface area contributed by atoms with E-state index in [0.29, 0.717) is 42.0 Å². The van der Waals surface area contributed by atoms with Crippen molar-refractivity contribution in [1.29, 1.82) is 0 Å². The Morgan fingerprint density at radius 2 is 0.960 bits per heavy atom. The van der Waals surface area contributed by atoms with Gasteiger partial charge in [-0.2, -0.15) is 8.78 Å². The molecule has 0 bridgehead atoms. The Kier molecular flexibility index (Phi) is 25.6. The van der Waals surface area contributed by atoms with Crippen LogP contribution in [-0.2, 0) is 64.3 Å². The molecule has 4 fully saturated rings. The number of amides is 3. The molecule has 5 aromatic carbocycles. The van der Waals surface area contributed by atoms with Crippen LogP contribution in [0.15, 0.2) is 134 Å². The average Bonchev–Trinajstić information content (AvgIpc) is 1.58. The molecular weight excluding hydrogens is 1330 g/mol. The van der Waals surface area contributed by atoms with Crippen LogP contribution in [0.5, 0.6) is 5.75 Å². The van der Waals surface area contributed by atoms with Crippen molar-refractivity contribution in [2.24, 2.45) is 17.6 Å². The number of aryl methyl sites for hydroxylation is 2. The van der Waals surface area contributed by atoms with E-state index in [0.717, 1.165) is 11.1 Å². The number of nitrogens with two attached hydrogens (primary N) is 1. The molecule has 3 amide bonds. The highest BCUT2D eigenvalue weighted by atomic mass is 32.2. The number of carboxylic acids is 2. The van der Waals surface area contributed by atoms with Crippen molar-refractivity contribution in [3.63, 3.8) is 0 Å². The number of fused-ring (bicyclic) bond motifs is 2. The van der Waals surface area contributed by atoms with E-state index in [1.54, 1.807) is 67.3 Å². The molecule has 526 valence electrons. The first kappa shape index (κ1) is 75.6. The summed E-state index contributed by atoms with van der Waals surface area (Å²) in [4.78, 5) is 104. The number of ketones is 2. The van der Waals surface area contributed by atoms with Crippen LogP contribution >= 0.6 is 23.5 Å². The normalized spacial score (nSPS) is 19.6. The predicted octanol–water partition coefficient (Wildman–Crippen LogP) is 9.16. The number of nitrogens with one attached hydrogen (secondary N) is 1. The molecule has 22 nitrogen and oxygen atoms in total. The zero-order chi connectivity index (χ0) is 72.0. The van der Waals surface area contributed by atoms with Crippen LogP contribution in [0.1, 0.15) is 120 Å². The number of aliphatic carboxylic acids is 2. The van der Waals surface area contributed by atoms with Gasteiger partial charge < -0.3 is 40.7 Å². The smallest absolute Gasteiger partial charge is 0.327 e. The van der Waals surface area contributed by atoms with E-state index in [2.05, 4.69) is 56.3 Å². The number of carbonyl (C=O) groups is 8. The van der Waals surface area contributed by atoms with Crippen LogP contribution < -0.4 is 15.8 Å². The molecule has 29 heteroatoms. The number of aromatic nitrogens is 6. The first-order valence-corrected chi connectivity index (χ1v) is 33.8. The van der Waals surface area contributed by atoms with Crippen LogP contribution in [-0.4, -0.2) is 154 Å². The molecule has 6 heterocycles. The number of thioether (sulfide) groups is 2. The van der Waals surface area contributed by atoms with E-state index in [1.807, 2.05) is 98.8 Å². The average molecular weight is 1410 g/mol. The topological polar surface area (TPSA) is 295 Å². The lowest BCUT2D eigenvalue weighted by Crippen LogP contribution is -2.63. The Morgan fingerprint density at radius 1 is 0.576 bits per heavy atom. The molecule has 7 aromatic rings. The largest absolute Gasteiger partial charge is 0.480 e. The minimum Gasteiger partial charge on any atom is -0.480 e. The molecule has 4 aliphatic heterocycles. The van der Waals surface area contributed by atoms with Gasteiger partial charge in [-0.05, 0) is 69.6 Å². The number of carboxylic acid groups (broad SMARTS) is 2. The van der Waals surface area contributed by atoms with Gasteiger partial charge in [-0.25, -0.2) is 32.1 Å². The monoisotopic (exact) mass is 1410 g/mol. The minimum absolute atomic E-state index is 0.00300. The summed E-state index contributed by atoms with van der Waals surface area (Å²) in [6.45, 7) is 18.4. The SMILES string of the molecule is CC1(C)S[C@@H]2[C@H](CC(=O)[C@H](N)c3ccccc3)C(=O)N2[C@H]1C(=O)O.CC1(C)S[C@@H]2[C@H](CC(=O)[C@H](NC(=O)CCc3cn(Cc4ccccc4)nn3)c3ccccc3)C(=O)N2[C@H]1C(=O)O.CCN(CC)CC.O=C(CCc1cn(Cc2ccccc2)nn1)Oc1c(F)c(F)c(F)c(F)c1F. The van der Waals surface area contributed by atoms with Crippen molar-refractivity contribution in [2.45, 2.75) is 144 Å². The molecule has 0 spiro atoms. The number of halogens is 5. The molecule has 4 saturated heterocycles.